The molecule has 0 bridgehead atoms. The SMILES string of the molecule is CCCCCC=CCCC(C#N)CCC=CCCCCC. The van der Waals surface area contributed by atoms with Crippen LogP contribution in [0.5, 0.6) is 0 Å². The molecule has 0 N–H and O–H groups in total. The van der Waals surface area contributed by atoms with Gasteiger partial charge in [0.15, 0.2) is 0 Å². The van der Waals surface area contributed by atoms with Crippen molar-refractivity contribution in [3.05, 3.63) is 24.3 Å². The second-order valence-corrected chi connectivity index (χ2v) is 5.92. The summed E-state index contributed by atoms with van der Waals surface area (Å²) < 4.78 is 0. The molecule has 0 amide bonds. The van der Waals surface area contributed by atoms with Crippen molar-refractivity contribution in [3.8, 4) is 6.07 Å². The van der Waals surface area contributed by atoms with Gasteiger partial charge in [-0.25, -0.2) is 0 Å². The lowest BCUT2D eigenvalue weighted by Crippen LogP contribution is -1.95. The van der Waals surface area contributed by atoms with Gasteiger partial charge in [0.1, 0.15) is 0 Å². The van der Waals surface area contributed by atoms with Crippen molar-refractivity contribution in [2.75, 3.05) is 0 Å². The maximum atomic E-state index is 9.17. The number of allylic oxidation sites excluding steroid dienone is 4. The largest absolute Gasteiger partial charge is 0.198 e. The van der Waals surface area contributed by atoms with Crippen molar-refractivity contribution in [1.29, 1.82) is 5.26 Å². The zero-order valence-corrected chi connectivity index (χ0v) is 14.3. The van der Waals surface area contributed by atoms with Gasteiger partial charge in [-0.1, -0.05) is 63.8 Å². The molecule has 0 aromatic heterocycles. The summed E-state index contributed by atoms with van der Waals surface area (Å²) in [6.45, 7) is 4.47. The van der Waals surface area contributed by atoms with Crippen LogP contribution in [0.15, 0.2) is 24.3 Å². The first-order valence-electron chi connectivity index (χ1n) is 9.04. The highest BCUT2D eigenvalue weighted by molar-refractivity contribution is 4.90. The summed E-state index contributed by atoms with van der Waals surface area (Å²) in [4.78, 5) is 0. The Labute approximate surface area is 133 Å². The Morgan fingerprint density at radius 1 is 0.714 bits per heavy atom. The Morgan fingerprint density at radius 2 is 1.14 bits per heavy atom. The average Bonchev–Trinajstić information content (AvgIpc) is 2.51. The van der Waals surface area contributed by atoms with Crippen molar-refractivity contribution < 1.29 is 0 Å². The van der Waals surface area contributed by atoms with Crippen molar-refractivity contribution in [1.82, 2.24) is 0 Å². The van der Waals surface area contributed by atoms with E-state index in [1.807, 2.05) is 0 Å². The van der Waals surface area contributed by atoms with Crippen LogP contribution < -0.4 is 0 Å². The van der Waals surface area contributed by atoms with Crippen LogP contribution in [-0.4, -0.2) is 0 Å². The van der Waals surface area contributed by atoms with Crippen molar-refractivity contribution in [2.24, 2.45) is 5.92 Å². The smallest absolute Gasteiger partial charge is 0.0656 e. The van der Waals surface area contributed by atoms with E-state index >= 15 is 0 Å². The van der Waals surface area contributed by atoms with Crippen LogP contribution in [-0.2, 0) is 0 Å². The molecule has 0 radical (unpaired) electrons. The summed E-state index contributed by atoms with van der Waals surface area (Å²) in [6, 6.07) is 2.46. The second kappa shape index (κ2) is 17.0. The van der Waals surface area contributed by atoms with E-state index in [1.54, 1.807) is 0 Å². The molecule has 0 aliphatic heterocycles. The molecule has 0 aromatic rings. The van der Waals surface area contributed by atoms with Gasteiger partial charge in [0, 0.05) is 5.92 Å². The van der Waals surface area contributed by atoms with Gasteiger partial charge < -0.3 is 0 Å². The van der Waals surface area contributed by atoms with E-state index in [1.165, 1.54) is 51.4 Å². The first kappa shape index (κ1) is 20.0. The van der Waals surface area contributed by atoms with Gasteiger partial charge in [-0.2, -0.15) is 5.26 Å². The predicted octanol–water partition coefficient (Wildman–Crippen LogP) is 6.96. The molecular formula is C20H35N. The van der Waals surface area contributed by atoms with E-state index in [2.05, 4.69) is 44.2 Å². The van der Waals surface area contributed by atoms with Gasteiger partial charge >= 0.3 is 0 Å². The molecule has 0 unspecified atom stereocenters. The lowest BCUT2D eigenvalue weighted by atomic mass is 9.98. The molecule has 0 aliphatic carbocycles. The molecule has 0 atom stereocenters. The molecule has 0 aromatic carbocycles. The number of hydrogen-bond acceptors (Lipinski definition) is 1. The van der Waals surface area contributed by atoms with Crippen LogP contribution in [0.2, 0.25) is 0 Å². The molecule has 0 spiro atoms. The molecule has 0 fully saturated rings. The molecule has 0 saturated carbocycles. The van der Waals surface area contributed by atoms with Gasteiger partial charge in [-0.15, -0.1) is 0 Å². The average molecular weight is 290 g/mol. The molecule has 1 nitrogen and oxygen atoms in total. The molecular weight excluding hydrogens is 254 g/mol. The van der Waals surface area contributed by atoms with E-state index in [0.29, 0.717) is 0 Å². The van der Waals surface area contributed by atoms with Gasteiger partial charge in [0.25, 0.3) is 0 Å². The van der Waals surface area contributed by atoms with Crippen molar-refractivity contribution >= 4 is 0 Å². The lowest BCUT2D eigenvalue weighted by molar-refractivity contribution is 0.566. The zero-order chi connectivity index (χ0) is 15.6. The van der Waals surface area contributed by atoms with Gasteiger partial charge in [-0.05, 0) is 51.4 Å². The van der Waals surface area contributed by atoms with Crippen LogP contribution >= 0.6 is 0 Å². The maximum absolute atomic E-state index is 9.17. The summed E-state index contributed by atoms with van der Waals surface area (Å²) in [7, 11) is 0. The predicted molar refractivity (Wildman–Crippen MR) is 94.1 cm³/mol. The summed E-state index contributed by atoms with van der Waals surface area (Å²) in [5, 5.41) is 9.17. The van der Waals surface area contributed by atoms with Gasteiger partial charge in [0.2, 0.25) is 0 Å². The monoisotopic (exact) mass is 289 g/mol. The Morgan fingerprint density at radius 3 is 1.52 bits per heavy atom. The third-order valence-corrected chi connectivity index (χ3v) is 3.83. The molecule has 0 rings (SSSR count). The highest BCUT2D eigenvalue weighted by atomic mass is 14.3. The quantitative estimate of drug-likeness (QED) is 0.250. The fourth-order valence-corrected chi connectivity index (χ4v) is 2.36. The minimum atomic E-state index is 0.227. The van der Waals surface area contributed by atoms with E-state index in [0.717, 1.165) is 25.7 Å². The standard InChI is InChI=1S/C20H35N/c1-3-5-7-9-11-13-15-17-20(19-21)18-16-14-12-10-8-6-4-2/h11-14,20H,3-10,15-18H2,1-2H3. The topological polar surface area (TPSA) is 23.8 Å². The molecule has 0 saturated heterocycles. The van der Waals surface area contributed by atoms with E-state index in [9.17, 15) is 5.26 Å². The number of rotatable bonds is 14. The Hall–Kier alpha value is -1.03. The summed E-state index contributed by atoms with van der Waals surface area (Å²) in [5.41, 5.74) is 0. The minimum Gasteiger partial charge on any atom is -0.198 e. The Kier molecular flexibility index (Phi) is 16.2. The first-order chi connectivity index (χ1) is 10.3. The van der Waals surface area contributed by atoms with Crippen molar-refractivity contribution in [2.45, 2.75) is 90.9 Å². The molecule has 0 aliphatic rings. The van der Waals surface area contributed by atoms with Crippen LogP contribution in [0, 0.1) is 17.2 Å². The normalized spacial score (nSPS) is 13.0. The number of unbranched alkanes of at least 4 members (excludes halogenated alkanes) is 6. The van der Waals surface area contributed by atoms with E-state index in [-0.39, 0.29) is 5.92 Å². The second-order valence-electron chi connectivity index (χ2n) is 5.92. The third kappa shape index (κ3) is 15.2. The van der Waals surface area contributed by atoms with Crippen LogP contribution in [0.3, 0.4) is 0 Å². The number of hydrogen-bond donors (Lipinski definition) is 0. The van der Waals surface area contributed by atoms with E-state index < -0.39 is 0 Å². The van der Waals surface area contributed by atoms with Gasteiger partial charge in [0.05, 0.1) is 6.07 Å². The first-order valence-corrected chi connectivity index (χ1v) is 9.04. The highest BCUT2D eigenvalue weighted by Crippen LogP contribution is 2.14. The summed E-state index contributed by atoms with van der Waals surface area (Å²) >= 11 is 0. The van der Waals surface area contributed by atoms with Crippen LogP contribution in [0.25, 0.3) is 0 Å². The van der Waals surface area contributed by atoms with E-state index in [4.69, 9.17) is 0 Å². The summed E-state index contributed by atoms with van der Waals surface area (Å²) in [6.07, 6.45) is 23.5. The van der Waals surface area contributed by atoms with Gasteiger partial charge in [-0.3, -0.25) is 0 Å². The van der Waals surface area contributed by atoms with Crippen LogP contribution in [0.1, 0.15) is 90.9 Å². The fourth-order valence-electron chi connectivity index (χ4n) is 2.36. The highest BCUT2D eigenvalue weighted by Gasteiger charge is 2.04. The molecule has 0 heterocycles. The zero-order valence-electron chi connectivity index (χ0n) is 14.3. The Bertz CT molecular complexity index is 271. The molecule has 21 heavy (non-hydrogen) atoms. The summed E-state index contributed by atoms with van der Waals surface area (Å²) in [5.74, 6) is 0.227. The minimum absolute atomic E-state index is 0.227. The number of nitriles is 1. The fraction of sp³-hybridized carbons (Fsp3) is 0.750. The lowest BCUT2D eigenvalue weighted by Gasteiger charge is -2.04. The van der Waals surface area contributed by atoms with Crippen LogP contribution in [0.4, 0.5) is 0 Å². The van der Waals surface area contributed by atoms with Crippen molar-refractivity contribution in [3.63, 3.8) is 0 Å². The Balaban J connectivity index is 3.56. The molecule has 120 valence electrons. The third-order valence-electron chi connectivity index (χ3n) is 3.83. The maximum Gasteiger partial charge on any atom is 0.0656 e. The molecule has 1 heteroatoms. The number of nitrogens with zero attached hydrogens (tertiary/aromatic N) is 1.